The van der Waals surface area contributed by atoms with Crippen LogP contribution in [0.5, 0.6) is 5.75 Å². The fourth-order valence-electron chi connectivity index (χ4n) is 1.77. The number of methoxy groups -OCH3 is 1. The topological polar surface area (TPSA) is 50.4 Å². The Hall–Kier alpha value is -1.53. The third kappa shape index (κ3) is 4.97. The summed E-state index contributed by atoms with van der Waals surface area (Å²) in [6, 6.07) is 9.54. The van der Waals surface area contributed by atoms with Crippen LogP contribution in [0.3, 0.4) is 0 Å². The lowest BCUT2D eigenvalue weighted by Gasteiger charge is -2.11. The van der Waals surface area contributed by atoms with Crippen LogP contribution in [0, 0.1) is 0 Å². The maximum Gasteiger partial charge on any atom is 0.257 e. The van der Waals surface area contributed by atoms with Crippen LogP contribution in [0.4, 0.5) is 5.69 Å². The molecule has 8 heteroatoms. The largest absolute Gasteiger partial charge is 0.495 e. The summed E-state index contributed by atoms with van der Waals surface area (Å²) in [6.07, 6.45) is 0. The fraction of sp³-hybridized carbons (Fsp3) is 0.0667. The lowest BCUT2D eigenvalue weighted by Crippen LogP contribution is -2.34. The maximum absolute atomic E-state index is 12.1. The molecule has 0 saturated carbocycles. The SMILES string of the molecule is COc1ccc(C(=O)NC(=S)Nc2cc(Cl)cc(Cl)c2)cc1Cl. The summed E-state index contributed by atoms with van der Waals surface area (Å²) in [6.45, 7) is 0. The molecule has 0 aromatic heterocycles. The van der Waals surface area contributed by atoms with Crippen LogP contribution in [-0.4, -0.2) is 18.1 Å². The highest BCUT2D eigenvalue weighted by atomic mass is 35.5. The van der Waals surface area contributed by atoms with Crippen LogP contribution in [0.1, 0.15) is 10.4 Å². The molecule has 0 aliphatic carbocycles. The van der Waals surface area contributed by atoms with E-state index in [1.807, 2.05) is 0 Å². The number of carbonyl (C=O) groups excluding carboxylic acids is 1. The summed E-state index contributed by atoms with van der Waals surface area (Å²) in [5, 5.41) is 6.73. The van der Waals surface area contributed by atoms with Crippen molar-refractivity contribution in [3.8, 4) is 5.75 Å². The zero-order valence-corrected chi connectivity index (χ0v) is 14.9. The molecule has 120 valence electrons. The standard InChI is InChI=1S/C15H11Cl3N2O2S/c1-22-13-3-2-8(4-12(13)18)14(21)20-15(23)19-11-6-9(16)5-10(17)7-11/h2-7H,1H3,(H2,19,20,21,23). The van der Waals surface area contributed by atoms with Crippen molar-refractivity contribution >= 4 is 63.7 Å². The third-order valence-corrected chi connectivity index (χ3v) is 3.70. The molecule has 0 saturated heterocycles. The van der Waals surface area contributed by atoms with Gasteiger partial charge in [0.2, 0.25) is 0 Å². The van der Waals surface area contributed by atoms with Crippen molar-refractivity contribution in [1.29, 1.82) is 0 Å². The van der Waals surface area contributed by atoms with E-state index in [-0.39, 0.29) is 5.11 Å². The van der Waals surface area contributed by atoms with Gasteiger partial charge in [-0.05, 0) is 48.6 Å². The number of ether oxygens (including phenoxy) is 1. The molecule has 0 bridgehead atoms. The van der Waals surface area contributed by atoms with Gasteiger partial charge < -0.3 is 10.1 Å². The fourth-order valence-corrected chi connectivity index (χ4v) is 2.77. The van der Waals surface area contributed by atoms with Gasteiger partial charge in [-0.2, -0.15) is 0 Å². The minimum Gasteiger partial charge on any atom is -0.495 e. The molecule has 0 heterocycles. The molecular weight excluding hydrogens is 379 g/mol. The van der Waals surface area contributed by atoms with E-state index in [4.69, 9.17) is 51.8 Å². The first kappa shape index (κ1) is 17.8. The molecule has 0 spiro atoms. The van der Waals surface area contributed by atoms with E-state index in [0.717, 1.165) is 0 Å². The average molecular weight is 390 g/mol. The van der Waals surface area contributed by atoms with Gasteiger partial charge in [0.25, 0.3) is 5.91 Å². The quantitative estimate of drug-likeness (QED) is 0.742. The minimum atomic E-state index is -0.403. The van der Waals surface area contributed by atoms with Crippen LogP contribution < -0.4 is 15.4 Å². The Bertz CT molecular complexity index is 748. The zero-order valence-electron chi connectivity index (χ0n) is 11.8. The summed E-state index contributed by atoms with van der Waals surface area (Å²) >= 11 is 22.9. The molecule has 2 N–H and O–H groups in total. The van der Waals surface area contributed by atoms with Crippen molar-refractivity contribution in [3.63, 3.8) is 0 Å². The molecule has 0 aliphatic heterocycles. The molecule has 2 aromatic carbocycles. The monoisotopic (exact) mass is 388 g/mol. The van der Waals surface area contributed by atoms with Crippen molar-refractivity contribution in [3.05, 3.63) is 57.0 Å². The Labute approximate surface area is 153 Å². The first-order valence-corrected chi connectivity index (χ1v) is 7.85. The van der Waals surface area contributed by atoms with Crippen LogP contribution in [0.15, 0.2) is 36.4 Å². The number of rotatable bonds is 3. The second-order valence-electron chi connectivity index (χ2n) is 4.42. The second-order valence-corrected chi connectivity index (χ2v) is 6.10. The van der Waals surface area contributed by atoms with E-state index in [0.29, 0.717) is 32.1 Å². The molecule has 23 heavy (non-hydrogen) atoms. The van der Waals surface area contributed by atoms with Crippen molar-refractivity contribution in [2.75, 3.05) is 12.4 Å². The van der Waals surface area contributed by atoms with Gasteiger partial charge in [0.15, 0.2) is 5.11 Å². The lowest BCUT2D eigenvalue weighted by atomic mass is 10.2. The van der Waals surface area contributed by atoms with Gasteiger partial charge in [-0.25, -0.2) is 0 Å². The third-order valence-electron chi connectivity index (χ3n) is 2.76. The number of benzene rings is 2. The van der Waals surface area contributed by atoms with Gasteiger partial charge in [0.05, 0.1) is 12.1 Å². The van der Waals surface area contributed by atoms with Gasteiger partial charge in [0, 0.05) is 21.3 Å². The smallest absolute Gasteiger partial charge is 0.257 e. The summed E-state index contributed by atoms with van der Waals surface area (Å²) in [5.74, 6) is 0.0812. The molecule has 2 aromatic rings. The summed E-state index contributed by atoms with van der Waals surface area (Å²) in [7, 11) is 1.50. The molecule has 1 amide bonds. The molecule has 0 radical (unpaired) electrons. The van der Waals surface area contributed by atoms with Crippen LogP contribution in [-0.2, 0) is 0 Å². The van der Waals surface area contributed by atoms with E-state index in [9.17, 15) is 4.79 Å². The predicted molar refractivity (Wildman–Crippen MR) is 98.2 cm³/mol. The minimum absolute atomic E-state index is 0.111. The van der Waals surface area contributed by atoms with Gasteiger partial charge in [0.1, 0.15) is 5.75 Å². The summed E-state index contributed by atoms with van der Waals surface area (Å²) in [4.78, 5) is 12.1. The first-order chi connectivity index (χ1) is 10.9. The van der Waals surface area contributed by atoms with Gasteiger partial charge in [-0.1, -0.05) is 34.8 Å². The Morgan fingerprint density at radius 1 is 1.09 bits per heavy atom. The number of halogens is 3. The number of anilines is 1. The average Bonchev–Trinajstić information content (AvgIpc) is 2.45. The van der Waals surface area contributed by atoms with Crippen molar-refractivity contribution in [2.24, 2.45) is 0 Å². The Balaban J connectivity index is 2.04. The predicted octanol–water partition coefficient (Wildman–Crippen LogP) is 4.78. The maximum atomic E-state index is 12.1. The van der Waals surface area contributed by atoms with Crippen LogP contribution >= 0.6 is 47.0 Å². The number of hydrogen-bond acceptors (Lipinski definition) is 3. The molecule has 0 unspecified atom stereocenters. The number of nitrogens with one attached hydrogen (secondary N) is 2. The highest BCUT2D eigenvalue weighted by Gasteiger charge is 2.11. The normalized spacial score (nSPS) is 10.1. The summed E-state index contributed by atoms with van der Waals surface area (Å²) < 4.78 is 5.04. The number of amides is 1. The molecule has 4 nitrogen and oxygen atoms in total. The van der Waals surface area contributed by atoms with E-state index >= 15 is 0 Å². The number of hydrogen-bond donors (Lipinski definition) is 2. The van der Waals surface area contributed by atoms with Crippen molar-refractivity contribution < 1.29 is 9.53 Å². The van der Waals surface area contributed by atoms with Crippen LogP contribution in [0.25, 0.3) is 0 Å². The van der Waals surface area contributed by atoms with E-state index in [1.165, 1.54) is 13.2 Å². The van der Waals surface area contributed by atoms with E-state index < -0.39 is 5.91 Å². The number of thiocarbonyl (C=S) groups is 1. The lowest BCUT2D eigenvalue weighted by molar-refractivity contribution is 0.0977. The van der Waals surface area contributed by atoms with Crippen LogP contribution in [0.2, 0.25) is 15.1 Å². The first-order valence-electron chi connectivity index (χ1n) is 6.31. The van der Waals surface area contributed by atoms with E-state index in [1.54, 1.807) is 30.3 Å². The molecular formula is C15H11Cl3N2O2S. The summed E-state index contributed by atoms with van der Waals surface area (Å²) in [5.41, 5.74) is 0.921. The van der Waals surface area contributed by atoms with Gasteiger partial charge in [-0.15, -0.1) is 0 Å². The molecule has 2 rings (SSSR count). The highest BCUT2D eigenvalue weighted by molar-refractivity contribution is 7.80. The molecule has 0 atom stereocenters. The second kappa shape index (κ2) is 7.84. The zero-order chi connectivity index (χ0) is 17.0. The Morgan fingerprint density at radius 2 is 1.74 bits per heavy atom. The van der Waals surface area contributed by atoms with Crippen molar-refractivity contribution in [2.45, 2.75) is 0 Å². The van der Waals surface area contributed by atoms with E-state index in [2.05, 4.69) is 10.6 Å². The van der Waals surface area contributed by atoms with Crippen molar-refractivity contribution in [1.82, 2.24) is 5.32 Å². The van der Waals surface area contributed by atoms with Gasteiger partial charge >= 0.3 is 0 Å². The Morgan fingerprint density at radius 3 is 2.30 bits per heavy atom. The number of carbonyl (C=O) groups is 1. The molecule has 0 fully saturated rings. The Kier molecular flexibility index (Phi) is 6.07. The highest BCUT2D eigenvalue weighted by Crippen LogP contribution is 2.25. The van der Waals surface area contributed by atoms with Gasteiger partial charge in [-0.3, -0.25) is 10.1 Å². The molecule has 0 aliphatic rings.